The first-order valence-electron chi connectivity index (χ1n) is 9.28. The minimum Gasteiger partial charge on any atom is -0.341 e. The predicted molar refractivity (Wildman–Crippen MR) is 110 cm³/mol. The molecule has 2 aliphatic rings. The van der Waals surface area contributed by atoms with Crippen molar-refractivity contribution in [3.05, 3.63) is 111 Å². The van der Waals surface area contributed by atoms with Crippen molar-refractivity contribution in [1.29, 1.82) is 0 Å². The Bertz CT molecular complexity index is 1050. The van der Waals surface area contributed by atoms with Gasteiger partial charge in [0.1, 0.15) is 11.6 Å². The summed E-state index contributed by atoms with van der Waals surface area (Å²) in [6.07, 6.45) is 16.4. The number of imidazole rings is 2. The summed E-state index contributed by atoms with van der Waals surface area (Å²) in [5, 5.41) is 0. The van der Waals surface area contributed by atoms with Gasteiger partial charge >= 0.3 is 0 Å². The number of H-pyrrole nitrogens is 2. The van der Waals surface area contributed by atoms with Crippen molar-refractivity contribution in [1.82, 2.24) is 19.9 Å². The zero-order valence-corrected chi connectivity index (χ0v) is 15.0. The van der Waals surface area contributed by atoms with E-state index in [-0.39, 0.29) is 0 Å². The van der Waals surface area contributed by atoms with Crippen molar-refractivity contribution in [3.8, 4) is 11.1 Å². The summed E-state index contributed by atoms with van der Waals surface area (Å²) < 4.78 is 0. The molecule has 132 valence electrons. The minimum atomic E-state index is 0.903. The number of hydrogen-bond donors (Lipinski definition) is 2. The molecule has 2 aromatic carbocycles. The second kappa shape index (κ2) is 6.47. The average Bonchev–Trinajstić information content (AvgIpc) is 3.52. The summed E-state index contributed by atoms with van der Waals surface area (Å²) in [5.74, 6) is 4.02. The van der Waals surface area contributed by atoms with Crippen LogP contribution in [-0.4, -0.2) is 19.9 Å². The molecule has 4 nitrogen and oxygen atoms in total. The van der Waals surface area contributed by atoms with Crippen molar-refractivity contribution in [3.63, 3.8) is 0 Å². The number of aromatic nitrogens is 4. The van der Waals surface area contributed by atoms with Gasteiger partial charge in [-0.25, -0.2) is 9.97 Å². The largest absolute Gasteiger partial charge is 0.341 e. The van der Waals surface area contributed by atoms with E-state index in [1.54, 1.807) is 0 Å². The molecule has 10 radical (unpaired) electrons. The van der Waals surface area contributed by atoms with Gasteiger partial charge in [0.15, 0.2) is 0 Å². The third kappa shape index (κ3) is 2.74. The van der Waals surface area contributed by atoms with Crippen LogP contribution in [0.4, 0.5) is 0 Å². The second-order valence-corrected chi connectivity index (χ2v) is 6.98. The summed E-state index contributed by atoms with van der Waals surface area (Å²) in [4.78, 5) is 16.3. The van der Waals surface area contributed by atoms with Crippen LogP contribution in [0, 0.1) is 63.2 Å². The summed E-state index contributed by atoms with van der Waals surface area (Å²) in [7, 11) is 0. The lowest BCUT2D eigenvalue weighted by Crippen LogP contribution is -1.96. The van der Waals surface area contributed by atoms with Gasteiger partial charge in [-0.15, -0.1) is 0 Å². The lowest BCUT2D eigenvalue weighted by atomic mass is 10.0. The molecule has 0 atom stereocenters. The molecule has 2 aromatic heterocycles. The van der Waals surface area contributed by atoms with E-state index in [0.29, 0.717) is 0 Å². The van der Waals surface area contributed by atoms with Gasteiger partial charge in [0, 0.05) is 11.8 Å². The first-order chi connectivity index (χ1) is 13.8. The van der Waals surface area contributed by atoms with Crippen LogP contribution in [0.1, 0.15) is 11.6 Å². The van der Waals surface area contributed by atoms with Crippen molar-refractivity contribution in [2.24, 2.45) is 0 Å². The molecule has 2 aliphatic carbocycles. The number of hydrogen-bond acceptors (Lipinski definition) is 2. The van der Waals surface area contributed by atoms with E-state index in [9.17, 15) is 0 Å². The van der Waals surface area contributed by atoms with Crippen LogP contribution in [0.2, 0.25) is 0 Å². The van der Waals surface area contributed by atoms with Crippen LogP contribution >= 0.6 is 0 Å². The van der Waals surface area contributed by atoms with Crippen LogP contribution in [-0.2, 0) is 0 Å². The number of rotatable bonds is 3. The maximum atomic E-state index is 4.70. The van der Waals surface area contributed by atoms with Gasteiger partial charge in [0.05, 0.1) is 22.1 Å². The van der Waals surface area contributed by atoms with Crippen LogP contribution in [0.3, 0.4) is 0 Å². The van der Waals surface area contributed by atoms with Crippen LogP contribution in [0.5, 0.6) is 0 Å². The van der Waals surface area contributed by atoms with Gasteiger partial charge in [-0.3, -0.25) is 0 Å². The fraction of sp³-hybridized carbons (Fsp3) is 0. The molecule has 0 spiro atoms. The van der Waals surface area contributed by atoms with Gasteiger partial charge in [-0.05, 0) is 86.8 Å². The Kier molecular flexibility index (Phi) is 3.78. The Morgan fingerprint density at radius 1 is 0.536 bits per heavy atom. The topological polar surface area (TPSA) is 57.4 Å². The van der Waals surface area contributed by atoms with Gasteiger partial charge in [0.25, 0.3) is 0 Å². The predicted octanol–water partition coefficient (Wildman–Crippen LogP) is 4.61. The number of fused-ring (bicyclic) bond motifs is 2. The highest BCUT2D eigenvalue weighted by atomic mass is 14.9. The lowest BCUT2D eigenvalue weighted by molar-refractivity contribution is 1.10. The molecule has 0 unspecified atom stereocenters. The zero-order valence-electron chi connectivity index (χ0n) is 15.0. The van der Waals surface area contributed by atoms with Gasteiger partial charge in [-0.2, -0.15) is 0 Å². The average molecular weight is 360 g/mol. The molecule has 6 rings (SSSR count). The van der Waals surface area contributed by atoms with E-state index in [0.717, 1.165) is 56.7 Å². The van der Waals surface area contributed by atoms with E-state index in [1.807, 2.05) is 25.7 Å². The summed E-state index contributed by atoms with van der Waals surface area (Å²) in [6, 6.07) is 12.7. The molecular weight excluding hydrogens is 344 g/mol. The van der Waals surface area contributed by atoms with E-state index in [2.05, 4.69) is 72.0 Å². The highest BCUT2D eigenvalue weighted by molar-refractivity contribution is 5.87. The van der Waals surface area contributed by atoms with Crippen molar-refractivity contribution < 1.29 is 0 Å². The Labute approximate surface area is 164 Å². The normalized spacial score (nSPS) is 18.7. The Balaban J connectivity index is 1.35. The summed E-state index contributed by atoms with van der Waals surface area (Å²) in [5.41, 5.74) is 6.32. The second-order valence-electron chi connectivity index (χ2n) is 6.98. The molecular formula is C24H16N4. The monoisotopic (exact) mass is 360 g/mol. The molecule has 28 heavy (non-hydrogen) atoms. The first kappa shape index (κ1) is 16.3. The minimum absolute atomic E-state index is 0.903. The molecule has 2 fully saturated rings. The Hall–Kier alpha value is -2.62. The number of benzene rings is 2. The fourth-order valence-electron chi connectivity index (χ4n) is 3.72. The smallest absolute Gasteiger partial charge is 0.115 e. The molecule has 0 saturated heterocycles. The molecule has 0 amide bonds. The molecule has 0 aliphatic heterocycles. The molecule has 4 heteroatoms. The Morgan fingerprint density at radius 2 is 0.964 bits per heavy atom. The standard InChI is InChI=1S/C24H16N4/c1-2-6-15(5-1)23-25-19-11-9-17(13-21(19)27-23)18-10-12-20-22(14-18)28-24(26-20)16-7-3-4-8-16/h1-14H,(H,25,27)(H,26,28). The highest BCUT2D eigenvalue weighted by Gasteiger charge is 2.23. The van der Waals surface area contributed by atoms with Gasteiger partial charge in [-0.1, -0.05) is 12.1 Å². The van der Waals surface area contributed by atoms with Gasteiger partial charge < -0.3 is 9.97 Å². The van der Waals surface area contributed by atoms with Gasteiger partial charge in [0.2, 0.25) is 0 Å². The lowest BCUT2D eigenvalue weighted by Gasteiger charge is -2.02. The number of nitrogens with zero attached hydrogens (tertiary/aromatic N) is 2. The first-order valence-corrected chi connectivity index (χ1v) is 9.28. The molecule has 2 N–H and O–H groups in total. The Morgan fingerprint density at radius 3 is 1.39 bits per heavy atom. The third-order valence-corrected chi connectivity index (χ3v) is 5.17. The van der Waals surface area contributed by atoms with Crippen LogP contribution in [0.25, 0.3) is 33.2 Å². The number of aromatic amines is 2. The molecule has 2 saturated carbocycles. The van der Waals surface area contributed by atoms with E-state index < -0.39 is 0 Å². The zero-order chi connectivity index (χ0) is 18.5. The molecule has 2 heterocycles. The SMILES string of the molecule is [CH]1[CH][CH][C](c2nc3ccc(-c4ccc5nc([C]6[CH][CH][CH][CH]6)[nH]c5c4)cc3[nH]2)[CH]1. The molecule has 0 bridgehead atoms. The fourth-order valence-corrected chi connectivity index (χ4v) is 3.72. The van der Waals surface area contributed by atoms with E-state index in [4.69, 9.17) is 9.97 Å². The van der Waals surface area contributed by atoms with Crippen molar-refractivity contribution in [2.75, 3.05) is 0 Å². The third-order valence-electron chi connectivity index (χ3n) is 5.17. The number of nitrogens with one attached hydrogen (secondary N) is 2. The van der Waals surface area contributed by atoms with Crippen LogP contribution in [0.15, 0.2) is 36.4 Å². The van der Waals surface area contributed by atoms with Crippen molar-refractivity contribution >= 4 is 22.1 Å². The maximum Gasteiger partial charge on any atom is 0.115 e. The quantitative estimate of drug-likeness (QED) is 0.560. The van der Waals surface area contributed by atoms with E-state index in [1.165, 1.54) is 0 Å². The van der Waals surface area contributed by atoms with E-state index >= 15 is 0 Å². The summed E-state index contributed by atoms with van der Waals surface area (Å²) >= 11 is 0. The highest BCUT2D eigenvalue weighted by Crippen LogP contribution is 2.33. The maximum absolute atomic E-state index is 4.70. The van der Waals surface area contributed by atoms with Crippen molar-refractivity contribution in [2.45, 2.75) is 0 Å². The summed E-state index contributed by atoms with van der Waals surface area (Å²) in [6.45, 7) is 0. The van der Waals surface area contributed by atoms with Crippen LogP contribution < -0.4 is 0 Å². The molecule has 4 aromatic rings.